The molecule has 0 heterocycles. The summed E-state index contributed by atoms with van der Waals surface area (Å²) in [6.07, 6.45) is 0.766. The van der Waals surface area contributed by atoms with Crippen LogP contribution in [-0.2, 0) is 37.2 Å². The fourth-order valence-corrected chi connectivity index (χ4v) is 4.67. The van der Waals surface area contributed by atoms with E-state index in [1.807, 2.05) is 30.3 Å². The van der Waals surface area contributed by atoms with Crippen LogP contribution in [0.2, 0.25) is 0 Å². The van der Waals surface area contributed by atoms with Gasteiger partial charge in [0.15, 0.2) is 0 Å². The van der Waals surface area contributed by atoms with Gasteiger partial charge in [-0.1, -0.05) is 48.5 Å². The van der Waals surface area contributed by atoms with Crippen LogP contribution in [0.3, 0.4) is 0 Å². The van der Waals surface area contributed by atoms with Gasteiger partial charge in [-0.25, -0.2) is 13.2 Å². The number of carbonyl (C=O) groups excluding carboxylic acids is 2. The van der Waals surface area contributed by atoms with Crippen molar-refractivity contribution in [2.24, 2.45) is 0 Å². The molecule has 1 atom stereocenters. The van der Waals surface area contributed by atoms with Gasteiger partial charge in [-0.2, -0.15) is 0 Å². The van der Waals surface area contributed by atoms with Crippen LogP contribution in [-0.4, -0.2) is 37.9 Å². The molecule has 3 rings (SSSR count). The van der Waals surface area contributed by atoms with E-state index in [0.29, 0.717) is 12.0 Å². The molecule has 10 nitrogen and oxygen atoms in total. The summed E-state index contributed by atoms with van der Waals surface area (Å²) in [6.45, 7) is 1.80. The minimum Gasteiger partial charge on any atom is -0.464 e. The molecular formula is C26H27N3O7S. The fraction of sp³-hybridized carbons (Fsp3) is 0.231. The first-order chi connectivity index (χ1) is 17.7. The Hall–Kier alpha value is -4.25. The summed E-state index contributed by atoms with van der Waals surface area (Å²) in [7, 11) is -4.11. The molecule has 0 spiro atoms. The molecule has 2 N–H and O–H groups in total. The number of rotatable bonds is 12. The summed E-state index contributed by atoms with van der Waals surface area (Å²) in [4.78, 5) is 35.2. The number of amides is 1. The largest absolute Gasteiger partial charge is 0.464 e. The molecule has 0 saturated heterocycles. The van der Waals surface area contributed by atoms with E-state index in [1.165, 1.54) is 30.3 Å². The lowest BCUT2D eigenvalue weighted by atomic mass is 10.0. The molecule has 0 aliphatic carbocycles. The predicted octanol–water partition coefficient (Wildman–Crippen LogP) is 3.62. The van der Waals surface area contributed by atoms with Gasteiger partial charge in [-0.05, 0) is 42.7 Å². The van der Waals surface area contributed by atoms with Gasteiger partial charge in [0.25, 0.3) is 15.7 Å². The van der Waals surface area contributed by atoms with Gasteiger partial charge in [0.2, 0.25) is 5.91 Å². The normalized spacial score (nSPS) is 11.8. The van der Waals surface area contributed by atoms with Crippen molar-refractivity contribution in [1.29, 1.82) is 0 Å². The van der Waals surface area contributed by atoms with Crippen molar-refractivity contribution in [3.8, 4) is 0 Å². The van der Waals surface area contributed by atoms with Crippen molar-refractivity contribution in [1.82, 2.24) is 5.32 Å². The maximum atomic E-state index is 12.8. The number of aryl methyl sites for hydroxylation is 1. The van der Waals surface area contributed by atoms with Gasteiger partial charge in [0, 0.05) is 30.7 Å². The van der Waals surface area contributed by atoms with Crippen molar-refractivity contribution >= 4 is 33.3 Å². The lowest BCUT2D eigenvalue weighted by molar-refractivity contribution is -0.385. The number of benzene rings is 3. The minimum absolute atomic E-state index is 0.0717. The van der Waals surface area contributed by atoms with Crippen LogP contribution in [0.15, 0.2) is 83.8 Å². The number of nitro benzene ring substituents is 1. The number of esters is 1. The fourth-order valence-electron chi connectivity index (χ4n) is 3.58. The summed E-state index contributed by atoms with van der Waals surface area (Å²) >= 11 is 0. The van der Waals surface area contributed by atoms with E-state index < -0.39 is 27.0 Å². The maximum absolute atomic E-state index is 12.8. The molecule has 1 unspecified atom stereocenters. The highest BCUT2D eigenvalue weighted by Gasteiger charge is 2.23. The SMILES string of the molecule is CCOC(=O)C(Cc1cccc(NS(=O)(=O)c2cccc([N+](=O)[O-])c2)c1)NC(=O)CCc1ccccc1. The van der Waals surface area contributed by atoms with Gasteiger partial charge in [-0.3, -0.25) is 19.6 Å². The Balaban J connectivity index is 1.72. The summed E-state index contributed by atoms with van der Waals surface area (Å²) in [5.41, 5.74) is 1.41. The molecule has 0 fully saturated rings. The highest BCUT2D eigenvalue weighted by molar-refractivity contribution is 7.92. The molecule has 0 aliphatic heterocycles. The summed E-state index contributed by atoms with van der Waals surface area (Å²) in [5, 5.41) is 13.7. The van der Waals surface area contributed by atoms with E-state index in [-0.39, 0.29) is 41.6 Å². The quantitative estimate of drug-likeness (QED) is 0.209. The first-order valence-corrected chi connectivity index (χ1v) is 13.0. The van der Waals surface area contributed by atoms with Crippen molar-refractivity contribution < 1.29 is 27.7 Å². The third-order valence-electron chi connectivity index (χ3n) is 5.35. The first kappa shape index (κ1) is 27.3. The molecule has 0 aromatic heterocycles. The van der Waals surface area contributed by atoms with E-state index in [0.717, 1.165) is 11.6 Å². The second-order valence-electron chi connectivity index (χ2n) is 8.12. The number of non-ortho nitro benzene ring substituents is 1. The summed E-state index contributed by atoms with van der Waals surface area (Å²) in [5.74, 6) is -0.914. The molecular weight excluding hydrogens is 498 g/mol. The van der Waals surface area contributed by atoms with E-state index in [2.05, 4.69) is 10.0 Å². The number of carbonyl (C=O) groups is 2. The van der Waals surface area contributed by atoms with Crippen LogP contribution in [0.4, 0.5) is 11.4 Å². The number of anilines is 1. The number of ether oxygens (including phenoxy) is 1. The number of nitrogens with zero attached hydrogens (tertiary/aromatic N) is 1. The lowest BCUT2D eigenvalue weighted by Crippen LogP contribution is -2.43. The molecule has 3 aromatic carbocycles. The molecule has 0 bridgehead atoms. The lowest BCUT2D eigenvalue weighted by Gasteiger charge is -2.18. The Kier molecular flexibility index (Phi) is 9.33. The third-order valence-corrected chi connectivity index (χ3v) is 6.73. The molecule has 0 aliphatic rings. The number of nitro groups is 1. The van der Waals surface area contributed by atoms with E-state index in [1.54, 1.807) is 19.1 Å². The molecule has 194 valence electrons. The van der Waals surface area contributed by atoms with Crippen LogP contribution < -0.4 is 10.0 Å². The average Bonchev–Trinajstić information content (AvgIpc) is 2.88. The number of nitrogens with one attached hydrogen (secondary N) is 2. The van der Waals surface area contributed by atoms with Gasteiger partial charge in [0.1, 0.15) is 6.04 Å². The first-order valence-electron chi connectivity index (χ1n) is 11.5. The predicted molar refractivity (Wildman–Crippen MR) is 137 cm³/mol. The van der Waals surface area contributed by atoms with Crippen molar-refractivity contribution in [2.45, 2.75) is 37.1 Å². The Morgan fingerprint density at radius 1 is 0.973 bits per heavy atom. The minimum atomic E-state index is -4.11. The Morgan fingerprint density at radius 3 is 2.38 bits per heavy atom. The van der Waals surface area contributed by atoms with Gasteiger partial charge in [0.05, 0.1) is 16.4 Å². The summed E-state index contributed by atoms with van der Waals surface area (Å²) < 4.78 is 33.1. The van der Waals surface area contributed by atoms with Crippen LogP contribution in [0.1, 0.15) is 24.5 Å². The highest BCUT2D eigenvalue weighted by atomic mass is 32.2. The zero-order valence-electron chi connectivity index (χ0n) is 20.1. The van der Waals surface area contributed by atoms with Crippen LogP contribution in [0, 0.1) is 10.1 Å². The number of sulfonamides is 1. The second-order valence-corrected chi connectivity index (χ2v) is 9.80. The van der Waals surface area contributed by atoms with Crippen LogP contribution >= 0.6 is 0 Å². The molecule has 37 heavy (non-hydrogen) atoms. The topological polar surface area (TPSA) is 145 Å². The number of hydrogen-bond acceptors (Lipinski definition) is 7. The monoisotopic (exact) mass is 525 g/mol. The molecule has 3 aromatic rings. The highest BCUT2D eigenvalue weighted by Crippen LogP contribution is 2.21. The van der Waals surface area contributed by atoms with Crippen molar-refractivity contribution in [3.05, 3.63) is 100 Å². The maximum Gasteiger partial charge on any atom is 0.328 e. The van der Waals surface area contributed by atoms with Crippen molar-refractivity contribution in [2.75, 3.05) is 11.3 Å². The Morgan fingerprint density at radius 2 is 1.68 bits per heavy atom. The van der Waals surface area contributed by atoms with Gasteiger partial charge < -0.3 is 10.1 Å². The van der Waals surface area contributed by atoms with Gasteiger partial charge in [-0.15, -0.1) is 0 Å². The molecule has 11 heteroatoms. The summed E-state index contributed by atoms with van der Waals surface area (Å²) in [6, 6.07) is 19.5. The Labute approximate surface area is 214 Å². The zero-order valence-corrected chi connectivity index (χ0v) is 20.9. The standard InChI is InChI=1S/C26H27N3O7S/c1-2-36-26(31)24(27-25(30)15-14-19-8-4-3-5-9-19)17-20-10-6-11-21(16-20)28-37(34,35)23-13-7-12-22(18-23)29(32)33/h3-13,16,18,24,28H,2,14-15,17H2,1H3,(H,27,30). The second kappa shape index (κ2) is 12.6. The average molecular weight is 526 g/mol. The Bertz CT molecular complexity index is 1360. The number of hydrogen-bond donors (Lipinski definition) is 2. The smallest absolute Gasteiger partial charge is 0.328 e. The van der Waals surface area contributed by atoms with E-state index >= 15 is 0 Å². The van der Waals surface area contributed by atoms with Crippen LogP contribution in [0.25, 0.3) is 0 Å². The van der Waals surface area contributed by atoms with Crippen molar-refractivity contribution in [3.63, 3.8) is 0 Å². The molecule has 0 radical (unpaired) electrons. The van der Waals surface area contributed by atoms with E-state index in [9.17, 15) is 28.1 Å². The zero-order chi connectivity index (χ0) is 26.8. The van der Waals surface area contributed by atoms with E-state index in [4.69, 9.17) is 4.74 Å². The molecule has 0 saturated carbocycles. The van der Waals surface area contributed by atoms with Crippen LogP contribution in [0.5, 0.6) is 0 Å². The molecule has 1 amide bonds. The van der Waals surface area contributed by atoms with Gasteiger partial charge >= 0.3 is 5.97 Å². The third kappa shape index (κ3) is 8.14.